The van der Waals surface area contributed by atoms with Crippen LogP contribution in [0.15, 0.2) is 35.0 Å². The van der Waals surface area contributed by atoms with Gasteiger partial charge in [0.2, 0.25) is 0 Å². The van der Waals surface area contributed by atoms with Gasteiger partial charge in [-0.25, -0.2) is 14.8 Å². The summed E-state index contributed by atoms with van der Waals surface area (Å²) in [7, 11) is 0. The predicted octanol–water partition coefficient (Wildman–Crippen LogP) is 4.00. The number of carboxylic acid groups (broad SMARTS) is 1. The highest BCUT2D eigenvalue weighted by molar-refractivity contribution is 7.09. The minimum Gasteiger partial charge on any atom is -0.478 e. The van der Waals surface area contributed by atoms with Gasteiger partial charge in [-0.05, 0) is 24.5 Å². The summed E-state index contributed by atoms with van der Waals surface area (Å²) in [5.41, 5.74) is 2.00. The van der Waals surface area contributed by atoms with Crippen LogP contribution >= 0.6 is 23.7 Å². The fourth-order valence-electron chi connectivity index (χ4n) is 3.19. The molecular weight excluding hydrogens is 358 g/mol. The molecule has 5 nitrogen and oxygen atoms in total. The number of hydrogen-bond donors (Lipinski definition) is 1. The molecule has 0 amide bonds. The van der Waals surface area contributed by atoms with E-state index in [1.807, 2.05) is 17.5 Å². The largest absolute Gasteiger partial charge is 0.478 e. The minimum absolute atomic E-state index is 0. The molecule has 1 aliphatic rings. The number of thiophene rings is 1. The van der Waals surface area contributed by atoms with Crippen LogP contribution in [0.3, 0.4) is 0 Å². The Labute approximate surface area is 155 Å². The number of nitrogens with zero attached hydrogens (tertiary/aromatic N) is 3. The van der Waals surface area contributed by atoms with Crippen LogP contribution in [0.1, 0.15) is 34.6 Å². The van der Waals surface area contributed by atoms with Crippen molar-refractivity contribution in [2.45, 2.75) is 19.3 Å². The van der Waals surface area contributed by atoms with Crippen molar-refractivity contribution in [1.82, 2.24) is 9.97 Å². The number of anilines is 1. The van der Waals surface area contributed by atoms with Crippen LogP contribution < -0.4 is 4.90 Å². The van der Waals surface area contributed by atoms with E-state index in [9.17, 15) is 9.90 Å². The molecular formula is C18H18ClN3O2S. The maximum absolute atomic E-state index is 11.4. The van der Waals surface area contributed by atoms with Gasteiger partial charge >= 0.3 is 5.97 Å². The summed E-state index contributed by atoms with van der Waals surface area (Å²) in [5.74, 6) is 0.750. The number of hydrogen-bond acceptors (Lipinski definition) is 5. The first kappa shape index (κ1) is 17.6. The summed E-state index contributed by atoms with van der Waals surface area (Å²) < 4.78 is 0. The number of rotatable bonds is 4. The van der Waals surface area contributed by atoms with Crippen molar-refractivity contribution < 1.29 is 9.90 Å². The van der Waals surface area contributed by atoms with Crippen LogP contribution in [0.5, 0.6) is 0 Å². The van der Waals surface area contributed by atoms with E-state index >= 15 is 0 Å². The van der Waals surface area contributed by atoms with Crippen LogP contribution in [0.4, 0.5) is 5.82 Å². The van der Waals surface area contributed by atoms with Crippen molar-refractivity contribution in [3.8, 4) is 0 Å². The first-order valence-electron chi connectivity index (χ1n) is 8.01. The van der Waals surface area contributed by atoms with Gasteiger partial charge in [0, 0.05) is 30.3 Å². The second-order valence-corrected chi connectivity index (χ2v) is 6.71. The summed E-state index contributed by atoms with van der Waals surface area (Å²) in [5, 5.41) is 14.6. The highest BCUT2D eigenvalue weighted by Gasteiger charge is 2.19. The number of aromatic nitrogens is 2. The van der Waals surface area contributed by atoms with Gasteiger partial charge in [-0.15, -0.1) is 23.7 Å². The van der Waals surface area contributed by atoms with Crippen LogP contribution in [-0.4, -0.2) is 34.1 Å². The molecule has 130 valence electrons. The van der Waals surface area contributed by atoms with E-state index in [4.69, 9.17) is 4.98 Å². The van der Waals surface area contributed by atoms with E-state index in [2.05, 4.69) is 15.3 Å². The summed E-state index contributed by atoms with van der Waals surface area (Å²) in [4.78, 5) is 23.1. The lowest BCUT2D eigenvalue weighted by Gasteiger charge is -2.18. The number of fused-ring (bicyclic) bond motifs is 1. The number of carbonyl (C=O) groups is 1. The molecule has 1 saturated heterocycles. The molecule has 1 aliphatic heterocycles. The summed E-state index contributed by atoms with van der Waals surface area (Å²) in [6.07, 6.45) is 2.80. The second-order valence-electron chi connectivity index (χ2n) is 5.97. The Morgan fingerprint density at radius 3 is 2.68 bits per heavy atom. The van der Waals surface area contributed by atoms with E-state index in [1.54, 1.807) is 23.5 Å². The number of benzene rings is 1. The van der Waals surface area contributed by atoms with E-state index in [0.29, 0.717) is 17.8 Å². The molecule has 0 unspecified atom stereocenters. The van der Waals surface area contributed by atoms with Crippen molar-refractivity contribution in [1.29, 1.82) is 0 Å². The maximum atomic E-state index is 11.4. The molecule has 3 aromatic rings. The van der Waals surface area contributed by atoms with E-state index in [0.717, 1.165) is 35.4 Å². The van der Waals surface area contributed by atoms with Gasteiger partial charge < -0.3 is 10.0 Å². The van der Waals surface area contributed by atoms with E-state index in [-0.39, 0.29) is 12.4 Å². The molecule has 4 rings (SSSR count). The van der Waals surface area contributed by atoms with Gasteiger partial charge in [-0.1, -0.05) is 18.2 Å². The van der Waals surface area contributed by atoms with E-state index < -0.39 is 5.97 Å². The summed E-state index contributed by atoms with van der Waals surface area (Å²) in [6, 6.07) is 7.06. The summed E-state index contributed by atoms with van der Waals surface area (Å²) >= 11 is 1.63. The highest BCUT2D eigenvalue weighted by Crippen LogP contribution is 2.30. The lowest BCUT2D eigenvalue weighted by Crippen LogP contribution is -2.20. The van der Waals surface area contributed by atoms with Crippen LogP contribution in [0.25, 0.3) is 10.9 Å². The average molecular weight is 376 g/mol. The van der Waals surface area contributed by atoms with Gasteiger partial charge in [0.1, 0.15) is 11.6 Å². The normalized spacial score (nSPS) is 13.8. The zero-order valence-electron chi connectivity index (χ0n) is 13.5. The van der Waals surface area contributed by atoms with Gasteiger partial charge in [-0.3, -0.25) is 0 Å². The zero-order valence-corrected chi connectivity index (χ0v) is 15.1. The minimum atomic E-state index is -0.915. The molecule has 0 saturated carbocycles. The predicted molar refractivity (Wildman–Crippen MR) is 102 cm³/mol. The van der Waals surface area contributed by atoms with Gasteiger partial charge in [0.05, 0.1) is 16.5 Å². The molecule has 2 aromatic heterocycles. The molecule has 0 radical (unpaired) electrons. The number of halogens is 1. The molecule has 0 atom stereocenters. The van der Waals surface area contributed by atoms with Crippen molar-refractivity contribution in [2.75, 3.05) is 18.0 Å². The molecule has 0 bridgehead atoms. The topological polar surface area (TPSA) is 66.3 Å². The molecule has 1 aromatic carbocycles. The van der Waals surface area contributed by atoms with Crippen molar-refractivity contribution in [3.63, 3.8) is 0 Å². The molecule has 3 heterocycles. The Kier molecular flexibility index (Phi) is 5.20. The van der Waals surface area contributed by atoms with Gasteiger partial charge in [-0.2, -0.15) is 0 Å². The Hall–Kier alpha value is -2.18. The van der Waals surface area contributed by atoms with Gasteiger partial charge in [0.15, 0.2) is 0 Å². The molecule has 1 fully saturated rings. The standard InChI is InChI=1S/C18H17N3O2S.ClH/c22-18(23)13-6-2-1-5-12(13)9-16-19-15-11-24-10-14(15)17(20-16)21-7-3-4-8-21;/h1-2,5-6,10-11H,3-4,7-9H2,(H,22,23);1H. The monoisotopic (exact) mass is 375 g/mol. The molecule has 0 spiro atoms. The SMILES string of the molecule is Cl.O=C(O)c1ccccc1Cc1nc(N2CCCC2)c2cscc2n1. The Bertz CT molecular complexity index is 906. The van der Waals surface area contributed by atoms with Crippen LogP contribution in [0.2, 0.25) is 0 Å². The average Bonchev–Trinajstić information content (AvgIpc) is 3.26. The highest BCUT2D eigenvalue weighted by atomic mass is 35.5. The third-order valence-electron chi connectivity index (χ3n) is 4.37. The fraction of sp³-hybridized carbons (Fsp3) is 0.278. The number of aromatic carboxylic acids is 1. The molecule has 7 heteroatoms. The fourth-order valence-corrected chi connectivity index (χ4v) is 3.93. The summed E-state index contributed by atoms with van der Waals surface area (Å²) in [6.45, 7) is 2.04. The molecule has 0 aliphatic carbocycles. The first-order chi connectivity index (χ1) is 11.7. The van der Waals surface area contributed by atoms with Crippen molar-refractivity contribution in [2.24, 2.45) is 0 Å². The third kappa shape index (κ3) is 3.45. The Morgan fingerprint density at radius 2 is 1.92 bits per heavy atom. The van der Waals surface area contributed by atoms with Crippen LogP contribution in [0, 0.1) is 0 Å². The quantitative estimate of drug-likeness (QED) is 0.746. The first-order valence-corrected chi connectivity index (χ1v) is 8.95. The molecule has 1 N–H and O–H groups in total. The maximum Gasteiger partial charge on any atom is 0.335 e. The van der Waals surface area contributed by atoms with E-state index in [1.165, 1.54) is 12.8 Å². The zero-order chi connectivity index (χ0) is 16.5. The van der Waals surface area contributed by atoms with Crippen LogP contribution in [-0.2, 0) is 6.42 Å². The smallest absolute Gasteiger partial charge is 0.335 e. The number of carboxylic acids is 1. The molecule has 25 heavy (non-hydrogen) atoms. The van der Waals surface area contributed by atoms with Crippen molar-refractivity contribution in [3.05, 3.63) is 52.0 Å². The third-order valence-corrected chi connectivity index (χ3v) is 5.10. The lowest BCUT2D eigenvalue weighted by molar-refractivity contribution is 0.0696. The Balaban J connectivity index is 0.00000182. The van der Waals surface area contributed by atoms with Gasteiger partial charge in [0.25, 0.3) is 0 Å². The lowest BCUT2D eigenvalue weighted by atomic mass is 10.0. The van der Waals surface area contributed by atoms with Crippen molar-refractivity contribution >= 4 is 46.4 Å². The second kappa shape index (κ2) is 7.37. The Morgan fingerprint density at radius 1 is 1.16 bits per heavy atom.